The van der Waals surface area contributed by atoms with Gasteiger partial charge in [0.25, 0.3) is 5.91 Å². The standard InChI is InChI=1S/C13H16N2O5/c1-14-12(17)6-15-13(18)8-20-11-4-3-10(19-2)5-9(11)7-16/h3-5,7H,6,8H2,1-2H3,(H,14,17)(H,15,18). The molecule has 0 aliphatic heterocycles. The molecule has 0 aromatic heterocycles. The van der Waals surface area contributed by atoms with Crippen molar-refractivity contribution < 1.29 is 23.9 Å². The van der Waals surface area contributed by atoms with Crippen LogP contribution in [-0.4, -0.2) is 45.4 Å². The van der Waals surface area contributed by atoms with Gasteiger partial charge in [0, 0.05) is 7.05 Å². The molecule has 1 aromatic rings. The Balaban J connectivity index is 2.54. The van der Waals surface area contributed by atoms with Crippen LogP contribution in [0, 0.1) is 0 Å². The molecule has 1 aromatic carbocycles. The summed E-state index contributed by atoms with van der Waals surface area (Å²) in [6.45, 7) is -0.411. The molecule has 0 heterocycles. The van der Waals surface area contributed by atoms with Gasteiger partial charge < -0.3 is 20.1 Å². The number of amides is 2. The lowest BCUT2D eigenvalue weighted by Gasteiger charge is -2.09. The molecule has 0 aliphatic rings. The maximum Gasteiger partial charge on any atom is 0.258 e. The second kappa shape index (κ2) is 7.78. The van der Waals surface area contributed by atoms with Crippen LogP contribution in [0.15, 0.2) is 18.2 Å². The Bertz CT molecular complexity index is 502. The maximum absolute atomic E-state index is 11.4. The summed E-state index contributed by atoms with van der Waals surface area (Å²) >= 11 is 0. The van der Waals surface area contributed by atoms with E-state index in [1.165, 1.54) is 26.3 Å². The number of hydrogen-bond acceptors (Lipinski definition) is 5. The first kappa shape index (κ1) is 15.5. The summed E-state index contributed by atoms with van der Waals surface area (Å²) in [5.41, 5.74) is 0.281. The smallest absolute Gasteiger partial charge is 0.258 e. The van der Waals surface area contributed by atoms with E-state index in [1.54, 1.807) is 6.07 Å². The van der Waals surface area contributed by atoms with Crippen molar-refractivity contribution in [1.29, 1.82) is 0 Å². The Morgan fingerprint density at radius 1 is 1.30 bits per heavy atom. The highest BCUT2D eigenvalue weighted by Crippen LogP contribution is 2.22. The van der Waals surface area contributed by atoms with E-state index in [0.29, 0.717) is 12.0 Å². The van der Waals surface area contributed by atoms with Crippen molar-refractivity contribution in [2.45, 2.75) is 0 Å². The quantitative estimate of drug-likeness (QED) is 0.672. The number of methoxy groups -OCH3 is 1. The topological polar surface area (TPSA) is 93.7 Å². The number of rotatable bonds is 7. The highest BCUT2D eigenvalue weighted by Gasteiger charge is 2.08. The molecule has 0 fully saturated rings. The predicted octanol–water partition coefficient (Wildman–Crippen LogP) is -0.251. The third-order valence-corrected chi connectivity index (χ3v) is 2.43. The molecular weight excluding hydrogens is 264 g/mol. The molecule has 7 heteroatoms. The van der Waals surface area contributed by atoms with Crippen LogP contribution in [0.1, 0.15) is 10.4 Å². The third-order valence-electron chi connectivity index (χ3n) is 2.43. The number of ether oxygens (including phenoxy) is 2. The number of hydrogen-bond donors (Lipinski definition) is 2. The normalized spacial score (nSPS) is 9.50. The fourth-order valence-electron chi connectivity index (χ4n) is 1.34. The van der Waals surface area contributed by atoms with Crippen molar-refractivity contribution in [2.75, 3.05) is 27.3 Å². The number of benzene rings is 1. The van der Waals surface area contributed by atoms with E-state index in [1.807, 2.05) is 0 Å². The molecule has 0 bridgehead atoms. The number of carbonyl (C=O) groups excluding carboxylic acids is 3. The van der Waals surface area contributed by atoms with Crippen molar-refractivity contribution in [3.05, 3.63) is 23.8 Å². The Hall–Kier alpha value is -2.57. The highest BCUT2D eigenvalue weighted by atomic mass is 16.5. The molecular formula is C13H16N2O5. The molecule has 0 unspecified atom stereocenters. The number of carbonyl (C=O) groups is 3. The molecule has 2 N–H and O–H groups in total. The van der Waals surface area contributed by atoms with Crippen LogP contribution in [0.2, 0.25) is 0 Å². The summed E-state index contributed by atoms with van der Waals surface area (Å²) in [5, 5.41) is 4.74. The number of nitrogens with one attached hydrogen (secondary N) is 2. The lowest BCUT2D eigenvalue weighted by molar-refractivity contribution is -0.127. The second-order valence-corrected chi connectivity index (χ2v) is 3.76. The monoisotopic (exact) mass is 280 g/mol. The largest absolute Gasteiger partial charge is 0.497 e. The van der Waals surface area contributed by atoms with E-state index in [-0.39, 0.29) is 30.4 Å². The van der Waals surface area contributed by atoms with Gasteiger partial charge in [-0.3, -0.25) is 14.4 Å². The molecule has 0 saturated carbocycles. The van der Waals surface area contributed by atoms with Crippen molar-refractivity contribution in [1.82, 2.24) is 10.6 Å². The molecule has 2 amide bonds. The van der Waals surface area contributed by atoms with Gasteiger partial charge in [-0.2, -0.15) is 0 Å². The number of aldehydes is 1. The highest BCUT2D eigenvalue weighted by molar-refractivity contribution is 5.85. The van der Waals surface area contributed by atoms with Gasteiger partial charge in [-0.1, -0.05) is 0 Å². The summed E-state index contributed by atoms with van der Waals surface area (Å²) < 4.78 is 10.2. The molecule has 108 valence electrons. The Kier molecular flexibility index (Phi) is 6.02. The van der Waals surface area contributed by atoms with Crippen LogP contribution in [0.5, 0.6) is 11.5 Å². The zero-order valence-electron chi connectivity index (χ0n) is 11.3. The first-order chi connectivity index (χ1) is 9.60. The molecule has 0 aliphatic carbocycles. The van der Waals surface area contributed by atoms with Gasteiger partial charge in [0.15, 0.2) is 12.9 Å². The maximum atomic E-state index is 11.4. The van der Waals surface area contributed by atoms with Gasteiger partial charge in [0.1, 0.15) is 11.5 Å². The number of likely N-dealkylation sites (N-methyl/N-ethyl adjacent to an activating group) is 1. The summed E-state index contributed by atoms with van der Waals surface area (Å²) in [7, 11) is 2.95. The van der Waals surface area contributed by atoms with E-state index in [0.717, 1.165) is 0 Å². The Labute approximate surface area is 116 Å². The zero-order valence-corrected chi connectivity index (χ0v) is 11.3. The van der Waals surface area contributed by atoms with Crippen LogP contribution in [0.3, 0.4) is 0 Å². The van der Waals surface area contributed by atoms with Crippen molar-refractivity contribution >= 4 is 18.1 Å². The van der Waals surface area contributed by atoms with Crippen LogP contribution < -0.4 is 20.1 Å². The van der Waals surface area contributed by atoms with Gasteiger partial charge in [-0.25, -0.2) is 0 Å². The Morgan fingerprint density at radius 2 is 2.05 bits per heavy atom. The van der Waals surface area contributed by atoms with Gasteiger partial charge in [0.2, 0.25) is 5.91 Å². The van der Waals surface area contributed by atoms with E-state index >= 15 is 0 Å². The minimum atomic E-state index is -0.457. The average molecular weight is 280 g/mol. The summed E-state index contributed by atoms with van der Waals surface area (Å²) in [6, 6.07) is 4.66. The lowest BCUT2D eigenvalue weighted by atomic mass is 10.2. The molecule has 0 saturated heterocycles. The fraction of sp³-hybridized carbons (Fsp3) is 0.308. The SMILES string of the molecule is CNC(=O)CNC(=O)COc1ccc(OC)cc1C=O. The lowest BCUT2D eigenvalue weighted by Crippen LogP contribution is -2.37. The molecule has 20 heavy (non-hydrogen) atoms. The van der Waals surface area contributed by atoms with Crippen LogP contribution >= 0.6 is 0 Å². The van der Waals surface area contributed by atoms with Crippen molar-refractivity contribution in [3.8, 4) is 11.5 Å². The van der Waals surface area contributed by atoms with Crippen molar-refractivity contribution in [3.63, 3.8) is 0 Å². The predicted molar refractivity (Wildman–Crippen MR) is 71.0 cm³/mol. The van der Waals surface area contributed by atoms with Gasteiger partial charge in [-0.15, -0.1) is 0 Å². The minimum absolute atomic E-state index is 0.123. The molecule has 0 atom stereocenters. The van der Waals surface area contributed by atoms with Gasteiger partial charge >= 0.3 is 0 Å². The fourth-order valence-corrected chi connectivity index (χ4v) is 1.34. The van der Waals surface area contributed by atoms with E-state index < -0.39 is 5.91 Å². The van der Waals surface area contributed by atoms with Crippen molar-refractivity contribution in [2.24, 2.45) is 0 Å². The van der Waals surface area contributed by atoms with Crippen LogP contribution in [0.4, 0.5) is 0 Å². The average Bonchev–Trinajstić information content (AvgIpc) is 2.50. The van der Waals surface area contributed by atoms with Crippen LogP contribution in [-0.2, 0) is 9.59 Å². The molecule has 7 nitrogen and oxygen atoms in total. The summed E-state index contributed by atoms with van der Waals surface area (Å²) in [6.07, 6.45) is 0.611. The van der Waals surface area contributed by atoms with Gasteiger partial charge in [0.05, 0.1) is 19.2 Å². The summed E-state index contributed by atoms with van der Waals surface area (Å²) in [4.78, 5) is 33.3. The molecule has 0 spiro atoms. The van der Waals surface area contributed by atoms with E-state index in [4.69, 9.17) is 9.47 Å². The summed E-state index contributed by atoms with van der Waals surface area (Å²) in [5.74, 6) is 0.0251. The third kappa shape index (κ3) is 4.60. The van der Waals surface area contributed by atoms with Gasteiger partial charge in [-0.05, 0) is 18.2 Å². The first-order valence-electron chi connectivity index (χ1n) is 5.84. The van der Waals surface area contributed by atoms with E-state index in [9.17, 15) is 14.4 Å². The first-order valence-corrected chi connectivity index (χ1v) is 5.84. The zero-order chi connectivity index (χ0) is 15.0. The molecule has 1 rings (SSSR count). The minimum Gasteiger partial charge on any atom is -0.497 e. The Morgan fingerprint density at radius 3 is 2.65 bits per heavy atom. The second-order valence-electron chi connectivity index (χ2n) is 3.76. The molecule has 0 radical (unpaired) electrons. The van der Waals surface area contributed by atoms with Crippen LogP contribution in [0.25, 0.3) is 0 Å². The van der Waals surface area contributed by atoms with E-state index in [2.05, 4.69) is 10.6 Å².